The molecule has 0 aliphatic carbocycles. The number of carbonyl (C=O) groups excluding carboxylic acids is 1. The minimum atomic E-state index is 0.316. The van der Waals surface area contributed by atoms with Gasteiger partial charge in [-0.1, -0.05) is 11.6 Å². The Morgan fingerprint density at radius 1 is 1.29 bits per heavy atom. The van der Waals surface area contributed by atoms with E-state index in [2.05, 4.69) is 19.9 Å². The molecule has 2 heteroatoms. The first-order chi connectivity index (χ1) is 6.68. The number of ketones is 1. The average Bonchev–Trinajstić information content (AvgIpc) is 2.29. The topological polar surface area (TPSA) is 17.1 Å². The Morgan fingerprint density at radius 3 is 2.86 bits per heavy atom. The monoisotopic (exact) mass is 206 g/mol. The van der Waals surface area contributed by atoms with E-state index in [-0.39, 0.29) is 0 Å². The van der Waals surface area contributed by atoms with Crippen molar-refractivity contribution in [1.82, 2.24) is 0 Å². The average molecular weight is 206 g/mol. The molecule has 0 saturated heterocycles. The van der Waals surface area contributed by atoms with Gasteiger partial charge in [-0.25, -0.2) is 0 Å². The summed E-state index contributed by atoms with van der Waals surface area (Å²) in [5, 5.41) is 0. The molecule has 0 amide bonds. The first-order valence-electron chi connectivity index (χ1n) is 4.96. The number of benzene rings is 1. The zero-order valence-electron chi connectivity index (χ0n) is 8.59. The third-order valence-corrected chi connectivity index (χ3v) is 3.84. The Morgan fingerprint density at radius 2 is 2.07 bits per heavy atom. The van der Waals surface area contributed by atoms with E-state index in [9.17, 15) is 4.79 Å². The number of Topliss-reactive ketones (excluding diaryl/α,β-unsaturated/α-hetero) is 1. The Hall–Kier alpha value is -0.760. The molecule has 1 heterocycles. The minimum absolute atomic E-state index is 0.316. The van der Waals surface area contributed by atoms with E-state index in [1.165, 1.54) is 16.0 Å². The lowest BCUT2D eigenvalue weighted by molar-refractivity contribution is 0.0980. The summed E-state index contributed by atoms with van der Waals surface area (Å²) in [5.74, 6) is 1.39. The Bertz CT molecular complexity index is 382. The van der Waals surface area contributed by atoms with Crippen LogP contribution < -0.4 is 0 Å². The van der Waals surface area contributed by atoms with E-state index in [1.807, 2.05) is 17.8 Å². The van der Waals surface area contributed by atoms with E-state index >= 15 is 0 Å². The fourth-order valence-electron chi connectivity index (χ4n) is 1.89. The lowest BCUT2D eigenvalue weighted by Crippen LogP contribution is -2.00. The van der Waals surface area contributed by atoms with Gasteiger partial charge >= 0.3 is 0 Å². The van der Waals surface area contributed by atoms with Gasteiger partial charge in [0, 0.05) is 16.9 Å². The highest BCUT2D eigenvalue weighted by atomic mass is 32.2. The summed E-state index contributed by atoms with van der Waals surface area (Å²) in [6, 6.07) is 4.19. The summed E-state index contributed by atoms with van der Waals surface area (Å²) in [4.78, 5) is 13.0. The molecule has 2 rings (SSSR count). The van der Waals surface area contributed by atoms with Crippen molar-refractivity contribution in [3.05, 3.63) is 28.8 Å². The maximum atomic E-state index is 11.8. The number of aryl methyl sites for hydroxylation is 2. The number of rotatable bonds is 0. The van der Waals surface area contributed by atoms with Crippen LogP contribution in [0.15, 0.2) is 17.0 Å². The van der Waals surface area contributed by atoms with Gasteiger partial charge in [0.15, 0.2) is 5.78 Å². The first-order valence-corrected chi connectivity index (χ1v) is 5.94. The normalized spacial score (nSPS) is 16.3. The maximum absolute atomic E-state index is 11.8. The third-order valence-electron chi connectivity index (χ3n) is 2.51. The summed E-state index contributed by atoms with van der Waals surface area (Å²) < 4.78 is 0. The summed E-state index contributed by atoms with van der Waals surface area (Å²) >= 11 is 1.83. The second kappa shape index (κ2) is 3.77. The molecular weight excluding hydrogens is 192 g/mol. The van der Waals surface area contributed by atoms with Crippen molar-refractivity contribution in [3.8, 4) is 0 Å². The van der Waals surface area contributed by atoms with E-state index < -0.39 is 0 Å². The number of hydrogen-bond acceptors (Lipinski definition) is 2. The highest BCUT2D eigenvalue weighted by molar-refractivity contribution is 7.99. The Kier molecular flexibility index (Phi) is 2.64. The molecule has 74 valence electrons. The molecule has 1 aromatic carbocycles. The molecule has 0 N–H and O–H groups in total. The van der Waals surface area contributed by atoms with Crippen LogP contribution >= 0.6 is 11.8 Å². The summed E-state index contributed by atoms with van der Waals surface area (Å²) in [5.41, 5.74) is 3.39. The molecule has 0 saturated carbocycles. The van der Waals surface area contributed by atoms with Crippen molar-refractivity contribution in [2.24, 2.45) is 0 Å². The molecular formula is C12H14OS. The fraction of sp³-hybridized carbons (Fsp3) is 0.417. The van der Waals surface area contributed by atoms with Crippen molar-refractivity contribution >= 4 is 17.5 Å². The largest absolute Gasteiger partial charge is 0.294 e. The Balaban J connectivity index is 2.58. The molecule has 0 fully saturated rings. The van der Waals surface area contributed by atoms with Crippen LogP contribution in [0.25, 0.3) is 0 Å². The third kappa shape index (κ3) is 1.71. The van der Waals surface area contributed by atoms with Gasteiger partial charge in [-0.15, -0.1) is 11.8 Å². The zero-order valence-corrected chi connectivity index (χ0v) is 9.41. The number of fused-ring (bicyclic) bond motifs is 1. The van der Waals surface area contributed by atoms with Crippen LogP contribution in [0.3, 0.4) is 0 Å². The standard InChI is InChI=1S/C12H14OS/c1-8-6-9(2)12-10(7-8)11(13)4-3-5-14-12/h6-7H,3-5H2,1-2H3. The van der Waals surface area contributed by atoms with Crippen molar-refractivity contribution < 1.29 is 4.79 Å². The molecule has 0 aromatic heterocycles. The summed E-state index contributed by atoms with van der Waals surface area (Å²) in [6.07, 6.45) is 1.72. The van der Waals surface area contributed by atoms with Crippen molar-refractivity contribution in [2.75, 3.05) is 5.75 Å². The fourth-order valence-corrected chi connectivity index (χ4v) is 3.00. The molecule has 0 radical (unpaired) electrons. The van der Waals surface area contributed by atoms with E-state index in [0.29, 0.717) is 12.2 Å². The van der Waals surface area contributed by atoms with Crippen molar-refractivity contribution in [3.63, 3.8) is 0 Å². The predicted octanol–water partition coefficient (Wildman–Crippen LogP) is 3.37. The van der Waals surface area contributed by atoms with Gasteiger partial charge in [-0.05, 0) is 37.7 Å². The predicted molar refractivity (Wildman–Crippen MR) is 60.2 cm³/mol. The molecule has 0 bridgehead atoms. The molecule has 1 aliphatic heterocycles. The van der Waals surface area contributed by atoms with Gasteiger partial charge in [-0.2, -0.15) is 0 Å². The van der Waals surface area contributed by atoms with Gasteiger partial charge in [0.2, 0.25) is 0 Å². The molecule has 1 aromatic rings. The van der Waals surface area contributed by atoms with Crippen LogP contribution in [-0.2, 0) is 0 Å². The van der Waals surface area contributed by atoms with Gasteiger partial charge < -0.3 is 0 Å². The second-order valence-corrected chi connectivity index (χ2v) is 4.94. The molecule has 0 spiro atoms. The smallest absolute Gasteiger partial charge is 0.164 e. The van der Waals surface area contributed by atoms with Gasteiger partial charge in [0.25, 0.3) is 0 Å². The number of carbonyl (C=O) groups is 1. The molecule has 1 aliphatic rings. The molecule has 1 nitrogen and oxygen atoms in total. The lowest BCUT2D eigenvalue weighted by atomic mass is 10.0. The molecule has 0 unspecified atom stereocenters. The Labute approximate surface area is 88.9 Å². The van der Waals surface area contributed by atoms with Gasteiger partial charge in [0.1, 0.15) is 0 Å². The quantitative estimate of drug-likeness (QED) is 0.647. The number of hydrogen-bond donors (Lipinski definition) is 0. The van der Waals surface area contributed by atoms with Crippen molar-refractivity contribution in [2.45, 2.75) is 31.6 Å². The van der Waals surface area contributed by atoms with Crippen molar-refractivity contribution in [1.29, 1.82) is 0 Å². The highest BCUT2D eigenvalue weighted by Gasteiger charge is 2.17. The van der Waals surface area contributed by atoms with Crippen LogP contribution in [0.5, 0.6) is 0 Å². The van der Waals surface area contributed by atoms with E-state index in [4.69, 9.17) is 0 Å². The van der Waals surface area contributed by atoms with Crippen LogP contribution in [0.2, 0.25) is 0 Å². The summed E-state index contributed by atoms with van der Waals surface area (Å²) in [7, 11) is 0. The van der Waals surface area contributed by atoms with E-state index in [0.717, 1.165) is 17.7 Å². The van der Waals surface area contributed by atoms with Crippen LogP contribution in [0.1, 0.15) is 34.3 Å². The SMILES string of the molecule is Cc1cc(C)c2c(c1)C(=O)CCCS2. The van der Waals surface area contributed by atoms with Crippen LogP contribution in [-0.4, -0.2) is 11.5 Å². The molecule has 0 atom stereocenters. The molecule has 14 heavy (non-hydrogen) atoms. The maximum Gasteiger partial charge on any atom is 0.164 e. The first kappa shape index (κ1) is 9.78. The van der Waals surface area contributed by atoms with Gasteiger partial charge in [-0.3, -0.25) is 4.79 Å². The van der Waals surface area contributed by atoms with Crippen LogP contribution in [0, 0.1) is 13.8 Å². The summed E-state index contributed by atoms with van der Waals surface area (Å²) in [6.45, 7) is 4.15. The lowest BCUT2D eigenvalue weighted by Gasteiger charge is -2.08. The second-order valence-electron chi connectivity index (χ2n) is 3.83. The highest BCUT2D eigenvalue weighted by Crippen LogP contribution is 2.32. The zero-order chi connectivity index (χ0) is 10.1. The number of thioether (sulfide) groups is 1. The van der Waals surface area contributed by atoms with Crippen LogP contribution in [0.4, 0.5) is 0 Å². The van der Waals surface area contributed by atoms with E-state index in [1.54, 1.807) is 0 Å². The van der Waals surface area contributed by atoms with Gasteiger partial charge in [0.05, 0.1) is 0 Å². The minimum Gasteiger partial charge on any atom is -0.294 e.